The van der Waals surface area contributed by atoms with Crippen molar-refractivity contribution >= 4 is 12.1 Å². The van der Waals surface area contributed by atoms with E-state index in [1.54, 1.807) is 6.07 Å². The maximum atomic E-state index is 12.9. The van der Waals surface area contributed by atoms with Crippen molar-refractivity contribution in [2.45, 2.75) is 37.1 Å². The van der Waals surface area contributed by atoms with E-state index in [-0.39, 0.29) is 12.5 Å². The van der Waals surface area contributed by atoms with E-state index in [1.807, 2.05) is 42.5 Å². The number of rotatable bonds is 4. The molecule has 0 aliphatic heterocycles. The van der Waals surface area contributed by atoms with Crippen LogP contribution in [0, 0.1) is 0 Å². The summed E-state index contributed by atoms with van der Waals surface area (Å²) in [5.41, 5.74) is 4.68. The van der Waals surface area contributed by atoms with Crippen LogP contribution in [0.1, 0.15) is 47.4 Å². The molecule has 0 heterocycles. The molecule has 2 aliphatic carbocycles. The summed E-state index contributed by atoms with van der Waals surface area (Å²) in [5, 5.41) is 12.9. The van der Waals surface area contributed by atoms with E-state index in [0.29, 0.717) is 18.4 Å². The molecule has 1 amide bonds. The minimum absolute atomic E-state index is 0.0738. The van der Waals surface area contributed by atoms with Crippen LogP contribution < -0.4 is 5.32 Å². The molecule has 0 unspecified atom stereocenters. The van der Waals surface area contributed by atoms with Crippen molar-refractivity contribution in [1.29, 1.82) is 0 Å². The van der Waals surface area contributed by atoms with Crippen molar-refractivity contribution in [1.82, 2.24) is 5.32 Å². The highest BCUT2D eigenvalue weighted by Gasteiger charge is 2.44. The highest BCUT2D eigenvalue weighted by Crippen LogP contribution is 2.44. The standard InChI is InChI=1S/C27H25NO4/c29-25(30)27(16-8-7-10-18-9-1-6-15-24(18)27)28-26(31)32-17-23-21-13-4-2-11-19(21)20-12-3-5-14-22(20)23/h1-6,9,11-15,23H,7-8,10,16-17H2,(H,28,31)(H,29,30)/t27-/m1/s1. The van der Waals surface area contributed by atoms with Crippen LogP contribution in [0.5, 0.6) is 0 Å². The number of carbonyl (C=O) groups is 2. The molecule has 5 heteroatoms. The second-order valence-corrected chi connectivity index (χ2v) is 8.53. The number of fused-ring (bicyclic) bond motifs is 4. The van der Waals surface area contributed by atoms with E-state index in [0.717, 1.165) is 40.7 Å². The zero-order chi connectivity index (χ0) is 22.1. The third-order valence-electron chi connectivity index (χ3n) is 6.75. The van der Waals surface area contributed by atoms with Gasteiger partial charge in [0.05, 0.1) is 0 Å². The Balaban J connectivity index is 1.39. The van der Waals surface area contributed by atoms with Crippen molar-refractivity contribution in [2.75, 3.05) is 6.61 Å². The summed E-state index contributed by atoms with van der Waals surface area (Å²) in [6.07, 6.45) is 2.04. The van der Waals surface area contributed by atoms with Crippen molar-refractivity contribution in [3.8, 4) is 11.1 Å². The first-order valence-corrected chi connectivity index (χ1v) is 11.0. The average Bonchev–Trinajstić information content (AvgIpc) is 3.01. The largest absolute Gasteiger partial charge is 0.479 e. The lowest BCUT2D eigenvalue weighted by Gasteiger charge is -2.31. The molecule has 0 saturated carbocycles. The summed E-state index contributed by atoms with van der Waals surface area (Å²) in [5.74, 6) is -1.13. The number of amides is 1. The second-order valence-electron chi connectivity index (χ2n) is 8.53. The number of hydrogen-bond donors (Lipinski definition) is 2. The normalized spacial score (nSPS) is 19.2. The maximum absolute atomic E-state index is 12.9. The summed E-state index contributed by atoms with van der Waals surface area (Å²) in [7, 11) is 0. The molecule has 162 valence electrons. The molecule has 3 aromatic rings. The van der Waals surface area contributed by atoms with Crippen LogP contribution >= 0.6 is 0 Å². The molecule has 0 fully saturated rings. The third kappa shape index (κ3) is 3.34. The lowest BCUT2D eigenvalue weighted by Crippen LogP contribution is -2.52. The topological polar surface area (TPSA) is 75.6 Å². The number of carbonyl (C=O) groups excluding carboxylic acids is 1. The molecule has 3 aromatic carbocycles. The number of carboxylic acids is 1. The van der Waals surface area contributed by atoms with E-state index in [4.69, 9.17) is 4.74 Å². The fourth-order valence-electron chi connectivity index (χ4n) is 5.21. The van der Waals surface area contributed by atoms with E-state index in [1.165, 1.54) is 0 Å². The second kappa shape index (κ2) is 8.15. The minimum Gasteiger partial charge on any atom is -0.479 e. The zero-order valence-corrected chi connectivity index (χ0v) is 17.7. The van der Waals surface area contributed by atoms with E-state index in [2.05, 4.69) is 29.6 Å². The molecule has 5 nitrogen and oxygen atoms in total. The summed E-state index contributed by atoms with van der Waals surface area (Å²) in [4.78, 5) is 25.4. The van der Waals surface area contributed by atoms with Crippen LogP contribution in [0.3, 0.4) is 0 Å². The summed E-state index contributed by atoms with van der Waals surface area (Å²) >= 11 is 0. The van der Waals surface area contributed by atoms with Crippen LogP contribution in [0.4, 0.5) is 4.79 Å². The number of aryl methyl sites for hydroxylation is 1. The highest BCUT2D eigenvalue weighted by molar-refractivity contribution is 5.86. The van der Waals surface area contributed by atoms with Gasteiger partial charge in [0.1, 0.15) is 6.61 Å². The number of benzene rings is 3. The first kappa shape index (κ1) is 20.3. The molecule has 2 N–H and O–H groups in total. The molecule has 0 bridgehead atoms. The van der Waals surface area contributed by atoms with Crippen LogP contribution in [-0.4, -0.2) is 23.8 Å². The van der Waals surface area contributed by atoms with E-state index in [9.17, 15) is 14.7 Å². The molecule has 0 aromatic heterocycles. The van der Waals surface area contributed by atoms with Gasteiger partial charge in [-0.05, 0) is 59.1 Å². The van der Waals surface area contributed by atoms with Gasteiger partial charge in [-0.3, -0.25) is 0 Å². The van der Waals surface area contributed by atoms with Gasteiger partial charge < -0.3 is 15.2 Å². The predicted molar refractivity (Wildman–Crippen MR) is 122 cm³/mol. The smallest absolute Gasteiger partial charge is 0.408 e. The number of aliphatic carboxylic acids is 1. The van der Waals surface area contributed by atoms with Gasteiger partial charge in [0.15, 0.2) is 5.54 Å². The zero-order valence-electron chi connectivity index (χ0n) is 17.7. The van der Waals surface area contributed by atoms with Crippen molar-refractivity contribution < 1.29 is 19.4 Å². The molecule has 5 rings (SSSR count). The fraction of sp³-hybridized carbons (Fsp3) is 0.259. The lowest BCUT2D eigenvalue weighted by molar-refractivity contribution is -0.145. The van der Waals surface area contributed by atoms with E-state index >= 15 is 0 Å². The Bertz CT molecular complexity index is 1140. The summed E-state index contributed by atoms with van der Waals surface area (Å²) in [6, 6.07) is 23.7. The molecular weight excluding hydrogens is 402 g/mol. The fourth-order valence-corrected chi connectivity index (χ4v) is 5.21. The van der Waals surface area contributed by atoms with Gasteiger partial charge in [0, 0.05) is 5.92 Å². The Morgan fingerprint density at radius 3 is 2.22 bits per heavy atom. The van der Waals surface area contributed by atoms with Gasteiger partial charge >= 0.3 is 12.1 Å². The Morgan fingerprint density at radius 2 is 1.53 bits per heavy atom. The summed E-state index contributed by atoms with van der Waals surface area (Å²) in [6.45, 7) is 0.150. The van der Waals surface area contributed by atoms with Crippen LogP contribution in [0.25, 0.3) is 11.1 Å². The van der Waals surface area contributed by atoms with Crippen LogP contribution in [-0.2, 0) is 21.5 Å². The van der Waals surface area contributed by atoms with Crippen LogP contribution in [0.2, 0.25) is 0 Å². The predicted octanol–water partition coefficient (Wildman–Crippen LogP) is 5.23. The molecule has 0 spiro atoms. The van der Waals surface area contributed by atoms with Crippen molar-refractivity contribution in [2.24, 2.45) is 0 Å². The van der Waals surface area contributed by atoms with Crippen molar-refractivity contribution in [3.63, 3.8) is 0 Å². The minimum atomic E-state index is -1.48. The first-order chi connectivity index (χ1) is 15.6. The number of nitrogens with one attached hydrogen (secondary N) is 1. The van der Waals surface area contributed by atoms with E-state index < -0.39 is 17.6 Å². The lowest BCUT2D eigenvalue weighted by atomic mass is 9.84. The molecule has 32 heavy (non-hydrogen) atoms. The van der Waals surface area contributed by atoms with Gasteiger partial charge in [-0.1, -0.05) is 72.8 Å². The van der Waals surface area contributed by atoms with Crippen molar-refractivity contribution in [3.05, 3.63) is 95.1 Å². The van der Waals surface area contributed by atoms with Gasteiger partial charge in [-0.2, -0.15) is 0 Å². The molecule has 0 saturated heterocycles. The van der Waals surface area contributed by atoms with Gasteiger partial charge in [-0.15, -0.1) is 0 Å². The average molecular weight is 428 g/mol. The van der Waals surface area contributed by atoms with Gasteiger partial charge in [0.2, 0.25) is 0 Å². The Kier molecular flexibility index (Phi) is 5.17. The quantitative estimate of drug-likeness (QED) is 0.559. The number of carboxylic acid groups (broad SMARTS) is 1. The molecule has 1 atom stereocenters. The Hall–Kier alpha value is -3.60. The molecular formula is C27H25NO4. The molecule has 0 radical (unpaired) electrons. The van der Waals surface area contributed by atoms with Gasteiger partial charge in [-0.25, -0.2) is 9.59 Å². The number of hydrogen-bond acceptors (Lipinski definition) is 3. The maximum Gasteiger partial charge on any atom is 0.408 e. The first-order valence-electron chi connectivity index (χ1n) is 11.0. The Labute approximate surface area is 187 Å². The SMILES string of the molecule is O=C(N[C@]1(C(=O)O)CCCCc2ccccc21)OCC1c2ccccc2-c2ccccc21. The number of alkyl carbamates (subject to hydrolysis) is 1. The number of ether oxygens (including phenoxy) is 1. The Morgan fingerprint density at radius 1 is 0.906 bits per heavy atom. The summed E-state index contributed by atoms with van der Waals surface area (Å²) < 4.78 is 5.66. The molecule has 2 aliphatic rings. The highest BCUT2D eigenvalue weighted by atomic mass is 16.5. The third-order valence-corrected chi connectivity index (χ3v) is 6.75. The monoisotopic (exact) mass is 427 g/mol. The van der Waals surface area contributed by atoms with Crippen LogP contribution in [0.15, 0.2) is 72.8 Å². The van der Waals surface area contributed by atoms with Gasteiger partial charge in [0.25, 0.3) is 0 Å².